The van der Waals surface area contributed by atoms with Gasteiger partial charge in [0, 0.05) is 24.2 Å². The van der Waals surface area contributed by atoms with Crippen LogP contribution in [0.2, 0.25) is 0 Å². The molecule has 0 N–H and O–H groups in total. The van der Waals surface area contributed by atoms with E-state index in [0.717, 1.165) is 18.5 Å². The summed E-state index contributed by atoms with van der Waals surface area (Å²) in [5.41, 5.74) is 1.72. The number of halogens is 1. The Hall–Kier alpha value is -3.55. The maximum atomic E-state index is 13.0. The molecule has 148 valence electrons. The number of amides is 1. The molecule has 2 aromatic carbocycles. The van der Waals surface area contributed by atoms with E-state index in [4.69, 9.17) is 9.26 Å². The van der Waals surface area contributed by atoms with Crippen molar-refractivity contribution >= 4 is 17.6 Å². The van der Waals surface area contributed by atoms with E-state index in [1.54, 1.807) is 29.2 Å². The number of hydrogen-bond acceptors (Lipinski definition) is 6. The molecule has 0 saturated carbocycles. The summed E-state index contributed by atoms with van der Waals surface area (Å²) >= 11 is 0. The first-order valence-electron chi connectivity index (χ1n) is 9.26. The van der Waals surface area contributed by atoms with Gasteiger partial charge in [-0.1, -0.05) is 5.16 Å². The standard InChI is InChI=1S/C21H18FN3O4/c22-16-8-4-14(5-9-16)20-23-18(29-24-20)13-28-21(27)15-6-10-17(11-7-15)25-12-2-1-3-19(25)26/h4-11H,1-3,12-13H2. The van der Waals surface area contributed by atoms with Crippen LogP contribution in [-0.4, -0.2) is 28.6 Å². The van der Waals surface area contributed by atoms with Crippen molar-refractivity contribution in [2.45, 2.75) is 25.9 Å². The number of carbonyl (C=O) groups is 2. The highest BCUT2D eigenvalue weighted by Gasteiger charge is 2.20. The predicted molar refractivity (Wildman–Crippen MR) is 101 cm³/mol. The van der Waals surface area contributed by atoms with Gasteiger partial charge in [0.05, 0.1) is 5.56 Å². The molecule has 1 fully saturated rings. The van der Waals surface area contributed by atoms with E-state index in [1.165, 1.54) is 24.3 Å². The van der Waals surface area contributed by atoms with Crippen molar-refractivity contribution in [2.24, 2.45) is 0 Å². The van der Waals surface area contributed by atoms with Crippen LogP contribution in [0.1, 0.15) is 35.5 Å². The van der Waals surface area contributed by atoms with Crippen LogP contribution in [0.25, 0.3) is 11.4 Å². The second-order valence-corrected chi connectivity index (χ2v) is 6.64. The van der Waals surface area contributed by atoms with Gasteiger partial charge in [0.1, 0.15) is 5.82 Å². The van der Waals surface area contributed by atoms with Crippen LogP contribution >= 0.6 is 0 Å². The zero-order valence-corrected chi connectivity index (χ0v) is 15.5. The fraction of sp³-hybridized carbons (Fsp3) is 0.238. The van der Waals surface area contributed by atoms with Gasteiger partial charge < -0.3 is 14.2 Å². The first-order chi connectivity index (χ1) is 14.1. The summed E-state index contributed by atoms with van der Waals surface area (Å²) in [5, 5.41) is 3.80. The van der Waals surface area contributed by atoms with Gasteiger partial charge >= 0.3 is 5.97 Å². The molecule has 1 aliphatic rings. The van der Waals surface area contributed by atoms with Crippen molar-refractivity contribution in [3.05, 3.63) is 65.8 Å². The molecular formula is C21H18FN3O4. The number of rotatable bonds is 5. The van der Waals surface area contributed by atoms with Crippen LogP contribution in [0.15, 0.2) is 53.1 Å². The van der Waals surface area contributed by atoms with Gasteiger partial charge in [0.15, 0.2) is 6.61 Å². The summed E-state index contributed by atoms with van der Waals surface area (Å²) in [6.45, 7) is 0.509. The molecule has 1 aliphatic heterocycles. The van der Waals surface area contributed by atoms with Crippen LogP contribution in [0.5, 0.6) is 0 Å². The number of carbonyl (C=O) groups excluding carboxylic acids is 2. The number of aromatic nitrogens is 2. The first kappa shape index (κ1) is 18.8. The molecule has 29 heavy (non-hydrogen) atoms. The smallest absolute Gasteiger partial charge is 0.338 e. The number of hydrogen-bond donors (Lipinski definition) is 0. The van der Waals surface area contributed by atoms with E-state index in [-0.39, 0.29) is 30.0 Å². The lowest BCUT2D eigenvalue weighted by Gasteiger charge is -2.26. The van der Waals surface area contributed by atoms with Crippen LogP contribution in [-0.2, 0) is 16.1 Å². The van der Waals surface area contributed by atoms with E-state index in [2.05, 4.69) is 10.1 Å². The number of benzene rings is 2. The minimum atomic E-state index is -0.539. The Morgan fingerprint density at radius 3 is 2.59 bits per heavy atom. The van der Waals surface area contributed by atoms with Crippen LogP contribution < -0.4 is 4.90 Å². The molecule has 1 saturated heterocycles. The number of anilines is 1. The average Bonchev–Trinajstić information content (AvgIpc) is 3.22. The third-order valence-electron chi connectivity index (χ3n) is 4.64. The van der Waals surface area contributed by atoms with Crippen molar-refractivity contribution < 1.29 is 23.2 Å². The zero-order chi connectivity index (χ0) is 20.2. The summed E-state index contributed by atoms with van der Waals surface area (Å²) in [6.07, 6.45) is 2.44. The van der Waals surface area contributed by atoms with Gasteiger partial charge in [-0.2, -0.15) is 4.98 Å². The molecule has 4 rings (SSSR count). The fourth-order valence-corrected chi connectivity index (χ4v) is 3.10. The van der Waals surface area contributed by atoms with Crippen LogP contribution in [0.3, 0.4) is 0 Å². The topological polar surface area (TPSA) is 85.5 Å². The average molecular weight is 395 g/mol. The molecule has 0 unspecified atom stereocenters. The van der Waals surface area contributed by atoms with Crippen molar-refractivity contribution in [1.82, 2.24) is 10.1 Å². The minimum Gasteiger partial charge on any atom is -0.452 e. The van der Waals surface area contributed by atoms with Crippen molar-refractivity contribution in [3.8, 4) is 11.4 Å². The maximum absolute atomic E-state index is 13.0. The number of esters is 1. The van der Waals surface area contributed by atoms with E-state index in [9.17, 15) is 14.0 Å². The van der Waals surface area contributed by atoms with Gasteiger partial charge in [-0.25, -0.2) is 9.18 Å². The van der Waals surface area contributed by atoms with Gasteiger partial charge in [0.2, 0.25) is 11.7 Å². The summed E-state index contributed by atoms with van der Waals surface area (Å²) < 4.78 is 23.3. The third kappa shape index (κ3) is 4.31. The Balaban J connectivity index is 1.36. The normalized spacial score (nSPS) is 14.1. The molecule has 7 nitrogen and oxygen atoms in total. The molecule has 0 aliphatic carbocycles. The lowest BCUT2D eigenvalue weighted by Crippen LogP contribution is -2.35. The van der Waals surface area contributed by atoms with E-state index in [0.29, 0.717) is 24.1 Å². The summed E-state index contributed by atoms with van der Waals surface area (Å²) in [5.74, 6) is -0.384. The monoisotopic (exact) mass is 395 g/mol. The zero-order valence-electron chi connectivity index (χ0n) is 15.5. The summed E-state index contributed by atoms with van der Waals surface area (Å²) in [7, 11) is 0. The third-order valence-corrected chi connectivity index (χ3v) is 4.64. The molecule has 1 aromatic heterocycles. The summed E-state index contributed by atoms with van der Waals surface area (Å²) in [4.78, 5) is 30.1. The molecule has 8 heteroatoms. The maximum Gasteiger partial charge on any atom is 0.338 e. The second kappa shape index (κ2) is 8.22. The number of ether oxygens (including phenoxy) is 1. The highest BCUT2D eigenvalue weighted by Crippen LogP contribution is 2.22. The molecule has 2 heterocycles. The number of nitrogens with zero attached hydrogens (tertiary/aromatic N) is 3. The Bertz CT molecular complexity index is 1020. The summed E-state index contributed by atoms with van der Waals surface area (Å²) in [6, 6.07) is 12.4. The van der Waals surface area contributed by atoms with Gasteiger partial charge in [-0.15, -0.1) is 0 Å². The van der Waals surface area contributed by atoms with Crippen molar-refractivity contribution in [3.63, 3.8) is 0 Å². The molecular weight excluding hydrogens is 377 g/mol. The first-order valence-corrected chi connectivity index (χ1v) is 9.26. The van der Waals surface area contributed by atoms with Crippen molar-refractivity contribution in [2.75, 3.05) is 11.4 Å². The van der Waals surface area contributed by atoms with Crippen LogP contribution in [0, 0.1) is 5.82 Å². The van der Waals surface area contributed by atoms with Gasteiger partial charge in [-0.3, -0.25) is 4.79 Å². The Labute approximate surface area is 166 Å². The molecule has 0 spiro atoms. The van der Waals surface area contributed by atoms with E-state index in [1.807, 2.05) is 0 Å². The Morgan fingerprint density at radius 1 is 1.10 bits per heavy atom. The minimum absolute atomic E-state index is 0.0972. The quantitative estimate of drug-likeness (QED) is 0.612. The van der Waals surface area contributed by atoms with Crippen molar-refractivity contribution in [1.29, 1.82) is 0 Å². The molecule has 0 radical (unpaired) electrons. The Kier molecular flexibility index (Phi) is 5.33. The Morgan fingerprint density at radius 2 is 1.86 bits per heavy atom. The highest BCUT2D eigenvalue weighted by molar-refractivity contribution is 5.95. The largest absolute Gasteiger partial charge is 0.452 e. The van der Waals surface area contributed by atoms with Crippen LogP contribution in [0.4, 0.5) is 10.1 Å². The molecule has 1 amide bonds. The second-order valence-electron chi connectivity index (χ2n) is 6.64. The fourth-order valence-electron chi connectivity index (χ4n) is 3.10. The number of piperidine rings is 1. The lowest BCUT2D eigenvalue weighted by molar-refractivity contribution is -0.119. The van der Waals surface area contributed by atoms with E-state index >= 15 is 0 Å². The SMILES string of the molecule is O=C(OCc1nc(-c2ccc(F)cc2)no1)c1ccc(N2CCCCC2=O)cc1. The predicted octanol–water partition coefficient (Wildman–Crippen LogP) is 3.75. The lowest BCUT2D eigenvalue weighted by atomic mass is 10.1. The molecule has 0 atom stereocenters. The van der Waals surface area contributed by atoms with Gasteiger partial charge in [0.25, 0.3) is 5.89 Å². The molecule has 3 aromatic rings. The highest BCUT2D eigenvalue weighted by atomic mass is 19.1. The van der Waals surface area contributed by atoms with E-state index < -0.39 is 5.97 Å². The molecule has 0 bridgehead atoms. The van der Waals surface area contributed by atoms with Gasteiger partial charge in [-0.05, 0) is 61.4 Å².